The minimum absolute atomic E-state index is 0. The molecular formula is C10H15ClFNO2. The van der Waals surface area contributed by atoms with E-state index in [9.17, 15) is 9.50 Å². The Bertz CT molecular complexity index is 333. The van der Waals surface area contributed by atoms with E-state index in [1.54, 1.807) is 13.0 Å². The number of phenolic OH excluding ortho intramolecular Hbond substituents is 1. The maximum atomic E-state index is 13.0. The molecule has 0 amide bonds. The smallest absolute Gasteiger partial charge is 0.165 e. The molecule has 0 aliphatic carbocycles. The third-order valence-corrected chi connectivity index (χ3v) is 2.20. The number of hydrogen-bond acceptors (Lipinski definition) is 3. The van der Waals surface area contributed by atoms with Gasteiger partial charge in [-0.1, -0.05) is 6.07 Å². The van der Waals surface area contributed by atoms with Crippen LogP contribution in [-0.2, 0) is 0 Å². The summed E-state index contributed by atoms with van der Waals surface area (Å²) in [5.41, 5.74) is 6.79. The average molecular weight is 236 g/mol. The lowest BCUT2D eigenvalue weighted by Crippen LogP contribution is -2.14. The van der Waals surface area contributed by atoms with Gasteiger partial charge in [-0.05, 0) is 25.0 Å². The van der Waals surface area contributed by atoms with Gasteiger partial charge in [-0.15, -0.1) is 12.4 Å². The minimum Gasteiger partial charge on any atom is -0.505 e. The zero-order chi connectivity index (χ0) is 10.7. The van der Waals surface area contributed by atoms with Gasteiger partial charge in [0.2, 0.25) is 0 Å². The summed E-state index contributed by atoms with van der Waals surface area (Å²) >= 11 is 0. The normalized spacial score (nSPS) is 12.0. The van der Waals surface area contributed by atoms with E-state index in [0.717, 1.165) is 5.56 Å². The summed E-state index contributed by atoms with van der Waals surface area (Å²) in [6.07, 6.45) is 0.303. The molecule has 0 radical (unpaired) electrons. The van der Waals surface area contributed by atoms with Crippen LogP contribution < -0.4 is 5.73 Å². The van der Waals surface area contributed by atoms with Crippen LogP contribution in [0.2, 0.25) is 0 Å². The van der Waals surface area contributed by atoms with Gasteiger partial charge in [0.05, 0.1) is 0 Å². The van der Waals surface area contributed by atoms with Crippen molar-refractivity contribution in [3.05, 3.63) is 29.1 Å². The third-order valence-electron chi connectivity index (χ3n) is 2.20. The molecule has 1 rings (SSSR count). The van der Waals surface area contributed by atoms with E-state index in [4.69, 9.17) is 10.8 Å². The molecule has 0 heterocycles. The zero-order valence-electron chi connectivity index (χ0n) is 8.40. The van der Waals surface area contributed by atoms with E-state index in [2.05, 4.69) is 0 Å². The van der Waals surface area contributed by atoms with E-state index in [0.29, 0.717) is 12.0 Å². The molecule has 0 aliphatic heterocycles. The second-order valence-electron chi connectivity index (χ2n) is 3.25. The number of aromatic hydroxyl groups is 1. The fourth-order valence-electron chi connectivity index (χ4n) is 1.43. The molecule has 15 heavy (non-hydrogen) atoms. The number of hydrogen-bond donors (Lipinski definition) is 3. The van der Waals surface area contributed by atoms with Crippen LogP contribution in [0.15, 0.2) is 12.1 Å². The molecule has 1 aromatic rings. The molecule has 0 spiro atoms. The fourth-order valence-corrected chi connectivity index (χ4v) is 1.43. The second-order valence-corrected chi connectivity index (χ2v) is 3.25. The lowest BCUT2D eigenvalue weighted by Gasteiger charge is -2.15. The standard InChI is InChI=1S/C10H14FNO2.ClH/c1-6-2-3-7(11)10(14)9(6)8(12)4-5-13;/h2-3,8,13-14H,4-5,12H2,1H3;1H/t8-;/m1./s1. The van der Waals surface area contributed by atoms with E-state index < -0.39 is 17.6 Å². The van der Waals surface area contributed by atoms with Crippen molar-refractivity contribution in [2.24, 2.45) is 5.73 Å². The number of nitrogens with two attached hydrogens (primary N) is 1. The molecule has 0 fully saturated rings. The number of rotatable bonds is 3. The Morgan fingerprint density at radius 1 is 1.47 bits per heavy atom. The number of aryl methyl sites for hydroxylation is 1. The highest BCUT2D eigenvalue weighted by Crippen LogP contribution is 2.30. The summed E-state index contributed by atoms with van der Waals surface area (Å²) < 4.78 is 13.0. The molecule has 0 unspecified atom stereocenters. The Balaban J connectivity index is 0.00000196. The number of aliphatic hydroxyl groups is 1. The molecule has 0 saturated carbocycles. The van der Waals surface area contributed by atoms with Crippen LogP contribution in [0.3, 0.4) is 0 Å². The van der Waals surface area contributed by atoms with Crippen molar-refractivity contribution in [3.8, 4) is 5.75 Å². The van der Waals surface area contributed by atoms with Crippen molar-refractivity contribution >= 4 is 12.4 Å². The largest absolute Gasteiger partial charge is 0.505 e. The molecule has 1 aromatic carbocycles. The van der Waals surface area contributed by atoms with Gasteiger partial charge in [-0.3, -0.25) is 0 Å². The first-order valence-electron chi connectivity index (χ1n) is 4.42. The van der Waals surface area contributed by atoms with Gasteiger partial charge in [-0.2, -0.15) is 0 Å². The third kappa shape index (κ3) is 3.06. The summed E-state index contributed by atoms with van der Waals surface area (Å²) in [4.78, 5) is 0. The van der Waals surface area contributed by atoms with Gasteiger partial charge >= 0.3 is 0 Å². The van der Waals surface area contributed by atoms with E-state index in [1.165, 1.54) is 6.07 Å². The van der Waals surface area contributed by atoms with Crippen LogP contribution in [0.1, 0.15) is 23.6 Å². The molecule has 1 atom stereocenters. The molecule has 4 N–H and O–H groups in total. The molecule has 86 valence electrons. The van der Waals surface area contributed by atoms with E-state index >= 15 is 0 Å². The summed E-state index contributed by atoms with van der Waals surface area (Å²) in [5, 5.41) is 18.1. The first-order chi connectivity index (χ1) is 6.57. The quantitative estimate of drug-likeness (QED) is 0.746. The van der Waals surface area contributed by atoms with Crippen LogP contribution in [-0.4, -0.2) is 16.8 Å². The maximum absolute atomic E-state index is 13.0. The minimum atomic E-state index is -0.681. The van der Waals surface area contributed by atoms with Crippen LogP contribution in [0.5, 0.6) is 5.75 Å². The van der Waals surface area contributed by atoms with Crippen molar-refractivity contribution in [1.29, 1.82) is 0 Å². The van der Waals surface area contributed by atoms with Crippen LogP contribution in [0.4, 0.5) is 4.39 Å². The molecule has 5 heteroatoms. The van der Waals surface area contributed by atoms with Crippen LogP contribution >= 0.6 is 12.4 Å². The van der Waals surface area contributed by atoms with Gasteiger partial charge in [0.15, 0.2) is 11.6 Å². The lowest BCUT2D eigenvalue weighted by molar-refractivity contribution is 0.275. The Kier molecular flexibility index (Phi) is 5.57. The highest BCUT2D eigenvalue weighted by Gasteiger charge is 2.16. The predicted octanol–water partition coefficient (Wildman–Crippen LogP) is 1.64. The fraction of sp³-hybridized carbons (Fsp3) is 0.400. The Morgan fingerprint density at radius 2 is 2.07 bits per heavy atom. The first kappa shape index (κ1) is 14.2. The summed E-state index contributed by atoms with van der Waals surface area (Å²) in [6.45, 7) is 1.66. The highest BCUT2D eigenvalue weighted by atomic mass is 35.5. The highest BCUT2D eigenvalue weighted by molar-refractivity contribution is 5.85. The van der Waals surface area contributed by atoms with Crippen molar-refractivity contribution < 1.29 is 14.6 Å². The monoisotopic (exact) mass is 235 g/mol. The van der Waals surface area contributed by atoms with Gasteiger partial charge in [0, 0.05) is 18.2 Å². The van der Waals surface area contributed by atoms with E-state index in [1.807, 2.05) is 0 Å². The topological polar surface area (TPSA) is 66.5 Å². The summed E-state index contributed by atoms with van der Waals surface area (Å²) in [5.74, 6) is -1.09. The van der Waals surface area contributed by atoms with Gasteiger partial charge < -0.3 is 15.9 Å². The Hall–Kier alpha value is -0.840. The summed E-state index contributed by atoms with van der Waals surface area (Å²) in [6, 6.07) is 2.22. The van der Waals surface area contributed by atoms with Crippen LogP contribution in [0, 0.1) is 12.7 Å². The molecule has 0 aliphatic rings. The van der Waals surface area contributed by atoms with Crippen LogP contribution in [0.25, 0.3) is 0 Å². The van der Waals surface area contributed by atoms with Crippen molar-refractivity contribution in [2.45, 2.75) is 19.4 Å². The zero-order valence-corrected chi connectivity index (χ0v) is 9.22. The number of phenols is 1. The Morgan fingerprint density at radius 3 is 2.60 bits per heavy atom. The van der Waals surface area contributed by atoms with Crippen molar-refractivity contribution in [1.82, 2.24) is 0 Å². The molecule has 0 aromatic heterocycles. The summed E-state index contributed by atoms with van der Waals surface area (Å²) in [7, 11) is 0. The maximum Gasteiger partial charge on any atom is 0.165 e. The molecule has 0 saturated heterocycles. The van der Waals surface area contributed by atoms with Gasteiger partial charge in [0.1, 0.15) is 0 Å². The first-order valence-corrected chi connectivity index (χ1v) is 4.42. The van der Waals surface area contributed by atoms with Gasteiger partial charge in [0.25, 0.3) is 0 Å². The second kappa shape index (κ2) is 5.90. The number of halogens is 2. The average Bonchev–Trinajstić information content (AvgIpc) is 2.13. The molecular weight excluding hydrogens is 221 g/mol. The number of aliphatic hydroxyl groups excluding tert-OH is 1. The van der Waals surface area contributed by atoms with E-state index in [-0.39, 0.29) is 19.0 Å². The SMILES string of the molecule is Cc1ccc(F)c(O)c1[C@H](N)CCO.Cl. The number of benzene rings is 1. The molecule has 0 bridgehead atoms. The van der Waals surface area contributed by atoms with Crippen molar-refractivity contribution in [3.63, 3.8) is 0 Å². The Labute approximate surface area is 94.1 Å². The van der Waals surface area contributed by atoms with Crippen molar-refractivity contribution in [2.75, 3.05) is 6.61 Å². The lowest BCUT2D eigenvalue weighted by atomic mass is 9.98. The predicted molar refractivity (Wildman–Crippen MR) is 58.7 cm³/mol. The van der Waals surface area contributed by atoms with Gasteiger partial charge in [-0.25, -0.2) is 4.39 Å². The molecule has 3 nitrogen and oxygen atoms in total.